The lowest BCUT2D eigenvalue weighted by Crippen LogP contribution is -2.08. The van der Waals surface area contributed by atoms with E-state index in [4.69, 9.17) is 5.11 Å². The lowest BCUT2D eigenvalue weighted by Gasteiger charge is -2.08. The molecule has 1 aromatic rings. The standard InChI is InChI=1S/C9H8F3NO2/c1-4-3-13-5(2-6(14)15)8(10)7(4)9(11)12/h3,9H,2H2,1H3,(H,14,15). The summed E-state index contributed by atoms with van der Waals surface area (Å²) in [5.41, 5.74) is -1.23. The van der Waals surface area contributed by atoms with Crippen molar-refractivity contribution in [2.45, 2.75) is 19.8 Å². The molecule has 1 aromatic heterocycles. The van der Waals surface area contributed by atoms with Crippen LogP contribution in [-0.4, -0.2) is 16.1 Å². The van der Waals surface area contributed by atoms with Crippen LogP contribution in [-0.2, 0) is 11.2 Å². The third-order valence-corrected chi connectivity index (χ3v) is 1.87. The van der Waals surface area contributed by atoms with Gasteiger partial charge in [-0.05, 0) is 12.5 Å². The molecular weight excluding hydrogens is 211 g/mol. The van der Waals surface area contributed by atoms with Crippen molar-refractivity contribution in [3.63, 3.8) is 0 Å². The van der Waals surface area contributed by atoms with Gasteiger partial charge in [-0.15, -0.1) is 0 Å². The topological polar surface area (TPSA) is 50.2 Å². The Morgan fingerprint density at radius 2 is 2.20 bits per heavy atom. The summed E-state index contributed by atoms with van der Waals surface area (Å²) in [5, 5.41) is 8.40. The molecule has 1 rings (SSSR count). The van der Waals surface area contributed by atoms with Crippen LogP contribution < -0.4 is 0 Å². The molecule has 0 aliphatic rings. The highest BCUT2D eigenvalue weighted by Gasteiger charge is 2.21. The monoisotopic (exact) mass is 219 g/mol. The molecule has 0 bridgehead atoms. The van der Waals surface area contributed by atoms with Crippen LogP contribution in [0.15, 0.2) is 6.20 Å². The predicted octanol–water partition coefficient (Wildman–Crippen LogP) is 2.09. The van der Waals surface area contributed by atoms with Crippen LogP contribution in [0.4, 0.5) is 13.2 Å². The molecule has 0 aliphatic heterocycles. The van der Waals surface area contributed by atoms with Gasteiger partial charge in [0.15, 0.2) is 5.82 Å². The van der Waals surface area contributed by atoms with Gasteiger partial charge in [0.2, 0.25) is 0 Å². The van der Waals surface area contributed by atoms with Gasteiger partial charge in [-0.25, -0.2) is 13.2 Å². The lowest BCUT2D eigenvalue weighted by atomic mass is 10.1. The Kier molecular flexibility index (Phi) is 3.28. The number of carbonyl (C=O) groups is 1. The van der Waals surface area contributed by atoms with Crippen molar-refractivity contribution in [1.29, 1.82) is 0 Å². The SMILES string of the molecule is Cc1cnc(CC(=O)O)c(F)c1C(F)F. The van der Waals surface area contributed by atoms with Gasteiger partial charge in [0.05, 0.1) is 17.7 Å². The van der Waals surface area contributed by atoms with Gasteiger partial charge in [-0.3, -0.25) is 9.78 Å². The zero-order valence-electron chi connectivity index (χ0n) is 7.80. The second-order valence-corrected chi connectivity index (χ2v) is 2.99. The molecule has 3 nitrogen and oxygen atoms in total. The van der Waals surface area contributed by atoms with Crippen LogP contribution in [0.5, 0.6) is 0 Å². The van der Waals surface area contributed by atoms with Gasteiger partial charge in [0, 0.05) is 6.20 Å². The molecule has 0 amide bonds. The van der Waals surface area contributed by atoms with Gasteiger partial charge < -0.3 is 5.11 Å². The second-order valence-electron chi connectivity index (χ2n) is 2.99. The highest BCUT2D eigenvalue weighted by Crippen LogP contribution is 2.26. The van der Waals surface area contributed by atoms with E-state index in [0.717, 1.165) is 6.20 Å². The third kappa shape index (κ3) is 2.45. The first-order chi connectivity index (χ1) is 6.93. The molecule has 0 saturated carbocycles. The van der Waals surface area contributed by atoms with Crippen molar-refractivity contribution >= 4 is 5.97 Å². The normalized spacial score (nSPS) is 10.7. The molecule has 0 atom stereocenters. The van der Waals surface area contributed by atoms with Gasteiger partial charge in [0.25, 0.3) is 6.43 Å². The summed E-state index contributed by atoms with van der Waals surface area (Å²) in [6.45, 7) is 1.29. The number of pyridine rings is 1. The Balaban J connectivity index is 3.22. The van der Waals surface area contributed by atoms with E-state index in [-0.39, 0.29) is 5.56 Å². The Bertz CT molecular complexity index is 393. The minimum atomic E-state index is -2.97. The van der Waals surface area contributed by atoms with E-state index in [0.29, 0.717) is 0 Å². The van der Waals surface area contributed by atoms with Gasteiger partial charge in [-0.2, -0.15) is 0 Å². The Morgan fingerprint density at radius 3 is 2.67 bits per heavy atom. The summed E-state index contributed by atoms with van der Waals surface area (Å²) < 4.78 is 38.1. The van der Waals surface area contributed by atoms with Crippen LogP contribution in [0.1, 0.15) is 23.2 Å². The number of hydrogen-bond donors (Lipinski definition) is 1. The fraction of sp³-hybridized carbons (Fsp3) is 0.333. The van der Waals surface area contributed by atoms with Crippen LogP contribution in [0.2, 0.25) is 0 Å². The molecule has 1 N–H and O–H groups in total. The van der Waals surface area contributed by atoms with Crippen LogP contribution >= 0.6 is 0 Å². The lowest BCUT2D eigenvalue weighted by molar-refractivity contribution is -0.136. The first kappa shape index (κ1) is 11.5. The maximum atomic E-state index is 13.3. The molecule has 6 heteroatoms. The Hall–Kier alpha value is -1.59. The molecular formula is C9H8F3NO2. The number of aryl methyl sites for hydroxylation is 1. The van der Waals surface area contributed by atoms with E-state index in [1.165, 1.54) is 6.92 Å². The summed E-state index contributed by atoms with van der Waals surface area (Å²) in [4.78, 5) is 13.8. The molecule has 0 saturated heterocycles. The molecule has 0 radical (unpaired) electrons. The summed E-state index contributed by atoms with van der Waals surface area (Å²) in [5.74, 6) is -2.54. The number of carboxylic acids is 1. The van der Waals surface area contributed by atoms with Gasteiger partial charge in [-0.1, -0.05) is 0 Å². The smallest absolute Gasteiger partial charge is 0.309 e. The van der Waals surface area contributed by atoms with Crippen LogP contribution in [0.25, 0.3) is 0 Å². The first-order valence-corrected chi connectivity index (χ1v) is 4.07. The van der Waals surface area contributed by atoms with Crippen LogP contribution in [0, 0.1) is 12.7 Å². The second kappa shape index (κ2) is 4.29. The quantitative estimate of drug-likeness (QED) is 0.846. The Morgan fingerprint density at radius 1 is 1.60 bits per heavy atom. The highest BCUT2D eigenvalue weighted by molar-refractivity contribution is 5.69. The van der Waals surface area contributed by atoms with Gasteiger partial charge in [0.1, 0.15) is 0 Å². The van der Waals surface area contributed by atoms with Crippen molar-refractivity contribution < 1.29 is 23.1 Å². The van der Waals surface area contributed by atoms with E-state index in [9.17, 15) is 18.0 Å². The molecule has 0 spiro atoms. The van der Waals surface area contributed by atoms with E-state index in [1.807, 2.05) is 0 Å². The van der Waals surface area contributed by atoms with E-state index < -0.39 is 35.9 Å². The maximum Gasteiger partial charge on any atom is 0.309 e. The number of rotatable bonds is 3. The average Bonchev–Trinajstić information content (AvgIpc) is 2.09. The Labute approximate surface area is 83.6 Å². The molecule has 0 fully saturated rings. The number of alkyl halides is 2. The molecule has 0 aliphatic carbocycles. The van der Waals surface area contributed by atoms with Crippen molar-refractivity contribution in [3.05, 3.63) is 28.8 Å². The molecule has 0 unspecified atom stereocenters. The van der Waals surface area contributed by atoms with E-state index in [1.54, 1.807) is 0 Å². The summed E-state index contributed by atoms with van der Waals surface area (Å²) in [6, 6.07) is 0. The molecule has 0 aromatic carbocycles. The predicted molar refractivity (Wildman–Crippen MR) is 45.2 cm³/mol. The number of aromatic nitrogens is 1. The summed E-state index contributed by atoms with van der Waals surface area (Å²) in [6.07, 6.45) is -2.63. The number of nitrogens with zero attached hydrogens (tertiary/aromatic N) is 1. The fourth-order valence-corrected chi connectivity index (χ4v) is 1.16. The van der Waals surface area contributed by atoms with Crippen molar-refractivity contribution in [3.8, 4) is 0 Å². The van der Waals surface area contributed by atoms with Gasteiger partial charge >= 0.3 is 5.97 Å². The van der Waals surface area contributed by atoms with Crippen molar-refractivity contribution in [2.24, 2.45) is 0 Å². The molecule has 1 heterocycles. The van der Waals surface area contributed by atoms with Crippen LogP contribution in [0.3, 0.4) is 0 Å². The number of hydrogen-bond acceptors (Lipinski definition) is 2. The summed E-state index contributed by atoms with van der Waals surface area (Å²) >= 11 is 0. The minimum absolute atomic E-state index is 0.0108. The third-order valence-electron chi connectivity index (χ3n) is 1.87. The van der Waals surface area contributed by atoms with E-state index >= 15 is 0 Å². The zero-order valence-corrected chi connectivity index (χ0v) is 7.80. The average molecular weight is 219 g/mol. The molecule has 82 valence electrons. The highest BCUT2D eigenvalue weighted by atomic mass is 19.3. The first-order valence-electron chi connectivity index (χ1n) is 4.07. The minimum Gasteiger partial charge on any atom is -0.481 e. The number of aliphatic carboxylic acids is 1. The molecule has 15 heavy (non-hydrogen) atoms. The number of halogens is 3. The zero-order chi connectivity index (χ0) is 11.6. The van der Waals surface area contributed by atoms with Crippen molar-refractivity contribution in [1.82, 2.24) is 4.98 Å². The van der Waals surface area contributed by atoms with E-state index in [2.05, 4.69) is 4.98 Å². The largest absolute Gasteiger partial charge is 0.481 e. The maximum absolute atomic E-state index is 13.3. The summed E-state index contributed by atoms with van der Waals surface area (Å²) in [7, 11) is 0. The fourth-order valence-electron chi connectivity index (χ4n) is 1.16. The number of carboxylic acid groups (broad SMARTS) is 1. The van der Waals surface area contributed by atoms with Crippen molar-refractivity contribution in [2.75, 3.05) is 0 Å².